The van der Waals surface area contributed by atoms with Crippen molar-refractivity contribution in [2.24, 2.45) is 0 Å². The van der Waals surface area contributed by atoms with Crippen LogP contribution in [0.4, 0.5) is 11.4 Å². The minimum absolute atomic E-state index is 0.0909. The summed E-state index contributed by atoms with van der Waals surface area (Å²) >= 11 is 0. The monoisotopic (exact) mass is 383 g/mol. The highest BCUT2D eigenvalue weighted by atomic mass is 16.5. The van der Waals surface area contributed by atoms with Gasteiger partial charge in [0.2, 0.25) is 5.91 Å². The number of carbonyl (C=O) groups is 2. The Bertz CT molecular complexity index is 838. The van der Waals surface area contributed by atoms with Gasteiger partial charge in [0.25, 0.3) is 5.91 Å². The molecule has 0 spiro atoms. The van der Waals surface area contributed by atoms with Crippen LogP contribution in [0.25, 0.3) is 0 Å². The number of rotatable bonds is 5. The Morgan fingerprint density at radius 2 is 1.54 bits per heavy atom. The topological polar surface area (TPSA) is 71.1 Å². The normalized spacial score (nSPS) is 13.8. The molecule has 2 amide bonds. The highest BCUT2D eigenvalue weighted by Gasteiger charge is 2.21. The molecule has 1 N–H and O–H groups in total. The number of hydrogen-bond acceptors (Lipinski definition) is 5. The number of nitrogens with one attached hydrogen (secondary N) is 1. The molecule has 148 valence electrons. The van der Waals surface area contributed by atoms with Gasteiger partial charge >= 0.3 is 0 Å². The fourth-order valence-electron chi connectivity index (χ4n) is 3.25. The van der Waals surface area contributed by atoms with Gasteiger partial charge in [-0.2, -0.15) is 0 Å². The molecule has 1 aliphatic heterocycles. The van der Waals surface area contributed by atoms with E-state index in [-0.39, 0.29) is 11.8 Å². The summed E-state index contributed by atoms with van der Waals surface area (Å²) in [5, 5.41) is 2.99. The molecule has 2 aromatic rings. The number of anilines is 2. The summed E-state index contributed by atoms with van der Waals surface area (Å²) in [7, 11) is 3.10. The predicted molar refractivity (Wildman–Crippen MR) is 108 cm³/mol. The fraction of sp³-hybridized carbons (Fsp3) is 0.333. The highest BCUT2D eigenvalue weighted by Crippen LogP contribution is 2.28. The van der Waals surface area contributed by atoms with Crippen molar-refractivity contribution < 1.29 is 19.1 Å². The van der Waals surface area contributed by atoms with E-state index in [1.807, 2.05) is 29.2 Å². The average molecular weight is 383 g/mol. The second-order valence-corrected chi connectivity index (χ2v) is 6.57. The first-order chi connectivity index (χ1) is 13.5. The first kappa shape index (κ1) is 19.5. The van der Waals surface area contributed by atoms with Crippen LogP contribution >= 0.6 is 0 Å². The van der Waals surface area contributed by atoms with E-state index < -0.39 is 0 Å². The Hall–Kier alpha value is -3.22. The molecule has 0 saturated carbocycles. The van der Waals surface area contributed by atoms with Crippen molar-refractivity contribution in [1.29, 1.82) is 0 Å². The Labute approximate surface area is 164 Å². The molecule has 0 radical (unpaired) electrons. The number of piperazine rings is 1. The molecule has 1 fully saturated rings. The number of hydrogen-bond donors (Lipinski definition) is 1. The molecule has 2 aromatic carbocycles. The zero-order valence-corrected chi connectivity index (χ0v) is 16.4. The van der Waals surface area contributed by atoms with Crippen LogP contribution in [-0.4, -0.2) is 57.1 Å². The number of nitrogens with zero attached hydrogens (tertiary/aromatic N) is 2. The number of ether oxygens (including phenoxy) is 2. The lowest BCUT2D eigenvalue weighted by Gasteiger charge is -2.36. The van der Waals surface area contributed by atoms with Crippen LogP contribution in [0.3, 0.4) is 0 Å². The summed E-state index contributed by atoms with van der Waals surface area (Å²) in [5.41, 5.74) is 2.12. The van der Waals surface area contributed by atoms with Crippen LogP contribution in [0.15, 0.2) is 42.5 Å². The van der Waals surface area contributed by atoms with Gasteiger partial charge in [-0.3, -0.25) is 9.59 Å². The van der Waals surface area contributed by atoms with Gasteiger partial charge in [-0.1, -0.05) is 12.1 Å². The van der Waals surface area contributed by atoms with E-state index in [4.69, 9.17) is 9.47 Å². The van der Waals surface area contributed by atoms with Gasteiger partial charge in [0.1, 0.15) is 11.5 Å². The third-order valence-electron chi connectivity index (χ3n) is 4.83. The highest BCUT2D eigenvalue weighted by molar-refractivity contribution is 6.06. The molecule has 1 aliphatic rings. The Kier molecular flexibility index (Phi) is 6.03. The SMILES string of the molecule is COc1cc(OC)cc(C(=O)Nc2ccccc2N2CCN(C(C)=O)CC2)c1. The summed E-state index contributed by atoms with van der Waals surface area (Å²) in [6, 6.07) is 12.7. The molecule has 28 heavy (non-hydrogen) atoms. The Morgan fingerprint density at radius 3 is 2.11 bits per heavy atom. The molecule has 0 atom stereocenters. The molecular weight excluding hydrogens is 358 g/mol. The van der Waals surface area contributed by atoms with Gasteiger partial charge in [0, 0.05) is 44.7 Å². The first-order valence-electron chi connectivity index (χ1n) is 9.15. The van der Waals surface area contributed by atoms with E-state index in [0.29, 0.717) is 30.2 Å². The Balaban J connectivity index is 1.79. The summed E-state index contributed by atoms with van der Waals surface area (Å²) < 4.78 is 10.5. The van der Waals surface area contributed by atoms with Gasteiger partial charge in [-0.25, -0.2) is 0 Å². The van der Waals surface area contributed by atoms with Crippen LogP contribution in [0.1, 0.15) is 17.3 Å². The molecule has 3 rings (SSSR count). The maximum absolute atomic E-state index is 12.8. The van der Waals surface area contributed by atoms with E-state index in [1.165, 1.54) is 0 Å². The number of methoxy groups -OCH3 is 2. The maximum Gasteiger partial charge on any atom is 0.255 e. The number of carbonyl (C=O) groups excluding carboxylic acids is 2. The molecule has 0 aromatic heterocycles. The quantitative estimate of drug-likeness (QED) is 0.859. The molecular formula is C21H25N3O4. The van der Waals surface area contributed by atoms with Crippen LogP contribution < -0.4 is 19.7 Å². The van der Waals surface area contributed by atoms with Crippen LogP contribution in [0.2, 0.25) is 0 Å². The zero-order valence-electron chi connectivity index (χ0n) is 16.4. The van der Waals surface area contributed by atoms with E-state index in [2.05, 4.69) is 10.2 Å². The summed E-state index contributed by atoms with van der Waals surface area (Å²) in [5.74, 6) is 0.955. The molecule has 1 saturated heterocycles. The number of amides is 2. The standard InChI is InChI=1S/C21H25N3O4/c1-15(25)23-8-10-24(11-9-23)20-7-5-4-6-19(20)22-21(26)16-12-17(27-2)14-18(13-16)28-3/h4-7,12-14H,8-11H2,1-3H3,(H,22,26). The van der Waals surface area contributed by atoms with Crippen molar-refractivity contribution in [2.75, 3.05) is 50.6 Å². The van der Waals surface area contributed by atoms with E-state index in [0.717, 1.165) is 24.5 Å². The largest absolute Gasteiger partial charge is 0.497 e. The van der Waals surface area contributed by atoms with E-state index >= 15 is 0 Å². The number of para-hydroxylation sites is 2. The minimum Gasteiger partial charge on any atom is -0.497 e. The molecule has 7 nitrogen and oxygen atoms in total. The van der Waals surface area contributed by atoms with Gasteiger partial charge in [-0.05, 0) is 24.3 Å². The predicted octanol–water partition coefficient (Wildman–Crippen LogP) is 2.62. The maximum atomic E-state index is 12.8. The zero-order chi connectivity index (χ0) is 20.1. The average Bonchev–Trinajstić information content (AvgIpc) is 2.73. The number of benzene rings is 2. The summed E-state index contributed by atoms with van der Waals surface area (Å²) in [6.45, 7) is 4.38. The lowest BCUT2D eigenvalue weighted by atomic mass is 10.1. The lowest BCUT2D eigenvalue weighted by molar-refractivity contribution is -0.129. The van der Waals surface area contributed by atoms with Gasteiger partial charge in [-0.15, -0.1) is 0 Å². The van der Waals surface area contributed by atoms with Gasteiger partial charge < -0.3 is 24.6 Å². The first-order valence-corrected chi connectivity index (χ1v) is 9.15. The van der Waals surface area contributed by atoms with E-state index in [1.54, 1.807) is 39.3 Å². The molecule has 7 heteroatoms. The van der Waals surface area contributed by atoms with Crippen LogP contribution in [-0.2, 0) is 4.79 Å². The third-order valence-corrected chi connectivity index (χ3v) is 4.83. The van der Waals surface area contributed by atoms with Crippen LogP contribution in [0, 0.1) is 0 Å². The van der Waals surface area contributed by atoms with Crippen molar-refractivity contribution in [3.8, 4) is 11.5 Å². The molecule has 0 bridgehead atoms. The summed E-state index contributed by atoms with van der Waals surface area (Å²) in [6.07, 6.45) is 0. The minimum atomic E-state index is -0.243. The molecule has 0 unspecified atom stereocenters. The fourth-order valence-corrected chi connectivity index (χ4v) is 3.25. The second kappa shape index (κ2) is 8.65. The van der Waals surface area contributed by atoms with Crippen molar-refractivity contribution in [3.05, 3.63) is 48.0 Å². The van der Waals surface area contributed by atoms with Crippen LogP contribution in [0.5, 0.6) is 11.5 Å². The van der Waals surface area contributed by atoms with Crippen molar-refractivity contribution in [2.45, 2.75) is 6.92 Å². The second-order valence-electron chi connectivity index (χ2n) is 6.57. The van der Waals surface area contributed by atoms with Gasteiger partial charge in [0.05, 0.1) is 25.6 Å². The smallest absolute Gasteiger partial charge is 0.255 e. The Morgan fingerprint density at radius 1 is 0.929 bits per heavy atom. The summed E-state index contributed by atoms with van der Waals surface area (Å²) in [4.78, 5) is 28.4. The molecule has 0 aliphatic carbocycles. The van der Waals surface area contributed by atoms with Gasteiger partial charge in [0.15, 0.2) is 0 Å². The lowest BCUT2D eigenvalue weighted by Crippen LogP contribution is -2.48. The van der Waals surface area contributed by atoms with Crippen molar-refractivity contribution >= 4 is 23.2 Å². The third kappa shape index (κ3) is 4.36. The van der Waals surface area contributed by atoms with Crippen molar-refractivity contribution in [3.63, 3.8) is 0 Å². The van der Waals surface area contributed by atoms with E-state index in [9.17, 15) is 9.59 Å². The van der Waals surface area contributed by atoms with Crippen molar-refractivity contribution in [1.82, 2.24) is 4.90 Å². The molecule has 1 heterocycles.